The van der Waals surface area contributed by atoms with Crippen molar-refractivity contribution in [2.45, 2.75) is 6.92 Å². The predicted octanol–water partition coefficient (Wildman–Crippen LogP) is -0.0872. The minimum absolute atomic E-state index is 0.0903. The summed E-state index contributed by atoms with van der Waals surface area (Å²) in [7, 11) is 0. The van der Waals surface area contributed by atoms with Crippen molar-refractivity contribution in [2.75, 3.05) is 0 Å². The molecule has 7 N–H and O–H groups in total. The average molecular weight is 235 g/mol. The van der Waals surface area contributed by atoms with Gasteiger partial charge in [-0.2, -0.15) is 4.99 Å². The molecule has 0 amide bonds. The fourth-order valence-corrected chi connectivity index (χ4v) is 1.25. The van der Waals surface area contributed by atoms with E-state index in [1.165, 1.54) is 12.1 Å². The van der Waals surface area contributed by atoms with E-state index in [0.29, 0.717) is 11.3 Å². The zero-order valence-corrected chi connectivity index (χ0v) is 9.21. The first-order valence-electron chi connectivity index (χ1n) is 4.68. The number of nitrogens with two attached hydrogens (primary N) is 3. The largest absolute Gasteiger partial charge is 0.478 e. The molecule has 0 aliphatic heterocycles. The SMILES string of the molecule is Cc1cc(N=C(N)N=C(N)N)ccc1C(=O)O. The van der Waals surface area contributed by atoms with E-state index in [4.69, 9.17) is 22.3 Å². The molecule has 0 aliphatic carbocycles. The van der Waals surface area contributed by atoms with Gasteiger partial charge in [0.2, 0.25) is 5.96 Å². The highest BCUT2D eigenvalue weighted by atomic mass is 16.4. The fourth-order valence-electron chi connectivity index (χ4n) is 1.25. The number of hydrogen-bond acceptors (Lipinski definition) is 2. The highest BCUT2D eigenvalue weighted by molar-refractivity contribution is 5.94. The van der Waals surface area contributed by atoms with E-state index >= 15 is 0 Å². The maximum absolute atomic E-state index is 10.8. The Morgan fingerprint density at radius 1 is 1.29 bits per heavy atom. The van der Waals surface area contributed by atoms with Crippen molar-refractivity contribution in [2.24, 2.45) is 27.2 Å². The Kier molecular flexibility index (Phi) is 3.66. The highest BCUT2D eigenvalue weighted by Crippen LogP contribution is 2.17. The fraction of sp³-hybridized carbons (Fsp3) is 0.100. The first-order valence-corrected chi connectivity index (χ1v) is 4.68. The second kappa shape index (κ2) is 4.97. The third kappa shape index (κ3) is 3.49. The van der Waals surface area contributed by atoms with Gasteiger partial charge in [-0.25, -0.2) is 9.79 Å². The Balaban J connectivity index is 3.07. The van der Waals surface area contributed by atoms with Crippen LogP contribution in [0.2, 0.25) is 0 Å². The van der Waals surface area contributed by atoms with Crippen molar-refractivity contribution >= 4 is 23.6 Å². The third-order valence-electron chi connectivity index (χ3n) is 1.93. The van der Waals surface area contributed by atoms with Crippen LogP contribution in [0.3, 0.4) is 0 Å². The topological polar surface area (TPSA) is 140 Å². The molecule has 0 saturated heterocycles. The van der Waals surface area contributed by atoms with Gasteiger partial charge < -0.3 is 22.3 Å². The van der Waals surface area contributed by atoms with Crippen molar-refractivity contribution in [3.63, 3.8) is 0 Å². The van der Waals surface area contributed by atoms with Gasteiger partial charge in [-0.05, 0) is 30.7 Å². The molecule has 1 rings (SSSR count). The lowest BCUT2D eigenvalue weighted by Gasteiger charge is -2.02. The summed E-state index contributed by atoms with van der Waals surface area (Å²) in [6, 6.07) is 4.55. The molecule has 1 aromatic rings. The number of nitrogens with zero attached hydrogens (tertiary/aromatic N) is 2. The number of benzene rings is 1. The quantitative estimate of drug-likeness (QED) is 0.419. The van der Waals surface area contributed by atoms with Crippen LogP contribution in [0.15, 0.2) is 28.2 Å². The molecule has 0 radical (unpaired) electrons. The first-order chi connectivity index (χ1) is 7.90. The van der Waals surface area contributed by atoms with E-state index in [9.17, 15) is 4.79 Å². The van der Waals surface area contributed by atoms with Crippen LogP contribution in [0, 0.1) is 6.92 Å². The number of aromatic carboxylic acids is 1. The van der Waals surface area contributed by atoms with Crippen LogP contribution in [-0.2, 0) is 0 Å². The van der Waals surface area contributed by atoms with Gasteiger partial charge in [-0.3, -0.25) is 0 Å². The van der Waals surface area contributed by atoms with E-state index < -0.39 is 5.97 Å². The molecule has 7 heteroatoms. The number of hydrogen-bond donors (Lipinski definition) is 4. The zero-order chi connectivity index (χ0) is 13.0. The lowest BCUT2D eigenvalue weighted by molar-refractivity contribution is 0.0696. The minimum atomic E-state index is -0.991. The molecule has 90 valence electrons. The number of aliphatic imine (C=N–C) groups is 2. The van der Waals surface area contributed by atoms with Gasteiger partial charge in [0.15, 0.2) is 5.96 Å². The van der Waals surface area contributed by atoms with E-state index in [1.807, 2.05) is 0 Å². The second-order valence-electron chi connectivity index (χ2n) is 3.31. The van der Waals surface area contributed by atoms with Crippen molar-refractivity contribution < 1.29 is 9.90 Å². The van der Waals surface area contributed by atoms with Crippen LogP contribution in [0.25, 0.3) is 0 Å². The average Bonchev–Trinajstić information content (AvgIpc) is 2.15. The Hall–Kier alpha value is -2.57. The van der Waals surface area contributed by atoms with Crippen molar-refractivity contribution in [3.8, 4) is 0 Å². The van der Waals surface area contributed by atoms with Crippen LogP contribution in [-0.4, -0.2) is 23.0 Å². The van der Waals surface area contributed by atoms with Crippen LogP contribution in [0.4, 0.5) is 5.69 Å². The van der Waals surface area contributed by atoms with Gasteiger partial charge in [0.1, 0.15) is 0 Å². The number of aryl methyl sites for hydroxylation is 1. The lowest BCUT2D eigenvalue weighted by atomic mass is 10.1. The molecule has 1 aromatic carbocycles. The molecule has 0 fully saturated rings. The number of carboxylic acids is 1. The molecule has 17 heavy (non-hydrogen) atoms. The van der Waals surface area contributed by atoms with E-state index in [0.717, 1.165) is 0 Å². The van der Waals surface area contributed by atoms with Gasteiger partial charge in [-0.15, -0.1) is 0 Å². The number of carbonyl (C=O) groups is 1. The normalized spacial score (nSPS) is 11.0. The summed E-state index contributed by atoms with van der Waals surface area (Å²) in [6.45, 7) is 1.67. The number of guanidine groups is 2. The molecule has 0 heterocycles. The maximum Gasteiger partial charge on any atom is 0.335 e. The summed E-state index contributed by atoms with van der Waals surface area (Å²) in [5.41, 5.74) is 17.0. The molecule has 0 saturated carbocycles. The molecule has 0 atom stereocenters. The van der Waals surface area contributed by atoms with Crippen molar-refractivity contribution in [3.05, 3.63) is 29.3 Å². The van der Waals surface area contributed by atoms with Gasteiger partial charge in [0.25, 0.3) is 0 Å². The molecule has 0 bridgehead atoms. The number of rotatable bonds is 2. The molecular formula is C10H13N5O2. The molecule has 7 nitrogen and oxygen atoms in total. The van der Waals surface area contributed by atoms with E-state index in [2.05, 4.69) is 9.98 Å². The minimum Gasteiger partial charge on any atom is -0.478 e. The third-order valence-corrected chi connectivity index (χ3v) is 1.93. The molecule has 0 aromatic heterocycles. The van der Waals surface area contributed by atoms with Gasteiger partial charge in [0, 0.05) is 0 Å². The Labute approximate surface area is 97.7 Å². The monoisotopic (exact) mass is 235 g/mol. The molecule has 0 spiro atoms. The summed E-state index contributed by atoms with van der Waals surface area (Å²) in [5, 5.41) is 8.84. The van der Waals surface area contributed by atoms with E-state index in [-0.39, 0.29) is 17.5 Å². The maximum atomic E-state index is 10.8. The second-order valence-corrected chi connectivity index (χ2v) is 3.31. The smallest absolute Gasteiger partial charge is 0.335 e. The summed E-state index contributed by atoms with van der Waals surface area (Å²) in [4.78, 5) is 18.2. The van der Waals surface area contributed by atoms with Gasteiger partial charge >= 0.3 is 5.97 Å². The highest BCUT2D eigenvalue weighted by Gasteiger charge is 2.06. The summed E-state index contributed by atoms with van der Waals surface area (Å²) in [5.74, 6) is -1.27. The van der Waals surface area contributed by atoms with Gasteiger partial charge in [0.05, 0.1) is 11.3 Å². The Morgan fingerprint density at radius 3 is 2.41 bits per heavy atom. The number of carboxylic acid groups (broad SMARTS) is 1. The summed E-state index contributed by atoms with van der Waals surface area (Å²) < 4.78 is 0. The van der Waals surface area contributed by atoms with Crippen molar-refractivity contribution in [1.82, 2.24) is 0 Å². The molecule has 0 aliphatic rings. The molecular weight excluding hydrogens is 222 g/mol. The summed E-state index contributed by atoms with van der Waals surface area (Å²) >= 11 is 0. The summed E-state index contributed by atoms with van der Waals surface area (Å²) in [6.07, 6.45) is 0. The molecule has 0 unspecified atom stereocenters. The standard InChI is InChI=1S/C10H13N5O2/c1-5-4-6(2-3-7(5)8(16)17)14-10(13)15-9(11)12/h2-4H,1H3,(H,16,17)(H6,11,12,13,14,15). The van der Waals surface area contributed by atoms with Crippen LogP contribution < -0.4 is 17.2 Å². The van der Waals surface area contributed by atoms with Crippen LogP contribution in [0.1, 0.15) is 15.9 Å². The Morgan fingerprint density at radius 2 is 1.94 bits per heavy atom. The van der Waals surface area contributed by atoms with Crippen molar-refractivity contribution in [1.29, 1.82) is 0 Å². The zero-order valence-electron chi connectivity index (χ0n) is 9.21. The van der Waals surface area contributed by atoms with Gasteiger partial charge in [-0.1, -0.05) is 0 Å². The van der Waals surface area contributed by atoms with E-state index in [1.54, 1.807) is 13.0 Å². The van der Waals surface area contributed by atoms with Crippen LogP contribution in [0.5, 0.6) is 0 Å². The predicted molar refractivity (Wildman–Crippen MR) is 65.2 cm³/mol. The Bertz CT molecular complexity index is 503. The first kappa shape index (κ1) is 12.5. The lowest BCUT2D eigenvalue weighted by Crippen LogP contribution is -2.26. The van der Waals surface area contributed by atoms with Crippen LogP contribution >= 0.6 is 0 Å².